The fraction of sp³-hybridized carbons (Fsp3) is 0. The van der Waals surface area contributed by atoms with Crippen LogP contribution in [0, 0.1) is 0 Å². The van der Waals surface area contributed by atoms with Crippen molar-refractivity contribution in [1.82, 2.24) is 0 Å². The standard InChI is InChI=1S/C40H25O3P/c41-44-37-18-10-9-17-34(37)42-36-22-20-32(38(40(36)44)43-35-21-19-28-15-7-8-16-33(28)39(35)44)31-24-29(26-11-3-1-4-12-26)23-30(25-31)27-13-5-2-6-14-27/h1-25H. The van der Waals surface area contributed by atoms with E-state index in [1.165, 1.54) is 0 Å². The fourth-order valence-corrected chi connectivity index (χ4v) is 9.96. The topological polar surface area (TPSA) is 35.5 Å². The largest absolute Gasteiger partial charge is 0.456 e. The van der Waals surface area contributed by atoms with Crippen LogP contribution in [0.5, 0.6) is 23.0 Å². The average Bonchev–Trinajstić information content (AvgIpc) is 3.09. The minimum absolute atomic E-state index is 0.576. The quantitative estimate of drug-likeness (QED) is 0.194. The number of benzene rings is 7. The summed E-state index contributed by atoms with van der Waals surface area (Å²) in [6, 6.07) is 51.2. The Kier molecular flexibility index (Phi) is 5.47. The van der Waals surface area contributed by atoms with Crippen LogP contribution in [0.2, 0.25) is 0 Å². The Balaban J connectivity index is 1.35. The molecule has 0 amide bonds. The van der Waals surface area contributed by atoms with Gasteiger partial charge in [0.05, 0.1) is 10.6 Å². The van der Waals surface area contributed by atoms with E-state index in [4.69, 9.17) is 9.47 Å². The van der Waals surface area contributed by atoms with E-state index < -0.39 is 7.14 Å². The highest BCUT2D eigenvalue weighted by Gasteiger charge is 2.48. The van der Waals surface area contributed by atoms with Gasteiger partial charge in [0.15, 0.2) is 7.14 Å². The summed E-state index contributed by atoms with van der Waals surface area (Å²) in [5.41, 5.74) is 6.30. The molecule has 0 saturated carbocycles. The summed E-state index contributed by atoms with van der Waals surface area (Å²) >= 11 is 0. The molecule has 1 unspecified atom stereocenters. The van der Waals surface area contributed by atoms with Gasteiger partial charge in [0.2, 0.25) is 0 Å². The molecule has 0 fully saturated rings. The van der Waals surface area contributed by atoms with Gasteiger partial charge in [0, 0.05) is 5.56 Å². The predicted octanol–water partition coefficient (Wildman–Crippen LogP) is 9.69. The maximum Gasteiger partial charge on any atom is 0.186 e. The van der Waals surface area contributed by atoms with E-state index >= 15 is 4.57 Å². The summed E-state index contributed by atoms with van der Waals surface area (Å²) in [6.45, 7) is 0. The van der Waals surface area contributed by atoms with Crippen molar-refractivity contribution in [3.8, 4) is 56.4 Å². The third-order valence-electron chi connectivity index (χ3n) is 8.68. The lowest BCUT2D eigenvalue weighted by Crippen LogP contribution is -2.35. The van der Waals surface area contributed by atoms with Gasteiger partial charge >= 0.3 is 0 Å². The van der Waals surface area contributed by atoms with Gasteiger partial charge in [-0.15, -0.1) is 0 Å². The van der Waals surface area contributed by atoms with E-state index in [1.54, 1.807) is 0 Å². The Hall–Kier alpha value is -5.37. The second-order valence-electron chi connectivity index (χ2n) is 11.2. The summed E-state index contributed by atoms with van der Waals surface area (Å²) in [6.07, 6.45) is 0. The van der Waals surface area contributed by atoms with Gasteiger partial charge in [-0.3, -0.25) is 0 Å². The Bertz CT molecular complexity index is 2250. The Morgan fingerprint density at radius 2 is 1.02 bits per heavy atom. The molecule has 208 valence electrons. The minimum Gasteiger partial charge on any atom is -0.456 e. The van der Waals surface area contributed by atoms with Crippen LogP contribution in [0.25, 0.3) is 44.2 Å². The number of rotatable bonds is 3. The molecule has 0 N–H and O–H groups in total. The molecular weight excluding hydrogens is 559 g/mol. The second kappa shape index (κ2) is 9.57. The average molecular weight is 585 g/mol. The highest BCUT2D eigenvalue weighted by molar-refractivity contribution is 7.86. The zero-order valence-electron chi connectivity index (χ0n) is 23.6. The van der Waals surface area contributed by atoms with Crippen LogP contribution in [-0.2, 0) is 4.57 Å². The van der Waals surface area contributed by atoms with E-state index in [0.717, 1.165) is 49.5 Å². The molecule has 4 heteroatoms. The number of hydrogen-bond acceptors (Lipinski definition) is 3. The molecular formula is C40H25O3P. The molecule has 7 aromatic carbocycles. The predicted molar refractivity (Wildman–Crippen MR) is 180 cm³/mol. The maximum absolute atomic E-state index is 16.0. The van der Waals surface area contributed by atoms with Gasteiger partial charge in [-0.25, -0.2) is 0 Å². The minimum atomic E-state index is -3.40. The van der Waals surface area contributed by atoms with Crippen LogP contribution in [0.4, 0.5) is 0 Å². The summed E-state index contributed by atoms with van der Waals surface area (Å²) < 4.78 is 29.2. The Labute approximate surface area is 255 Å². The highest BCUT2D eigenvalue weighted by atomic mass is 31.2. The van der Waals surface area contributed by atoms with E-state index in [0.29, 0.717) is 33.6 Å². The van der Waals surface area contributed by atoms with Crippen molar-refractivity contribution in [3.63, 3.8) is 0 Å². The first kappa shape index (κ1) is 25.2. The summed E-state index contributed by atoms with van der Waals surface area (Å²) in [5, 5.41) is 4.03. The molecule has 9 rings (SSSR count). The van der Waals surface area contributed by atoms with E-state index in [9.17, 15) is 0 Å². The Morgan fingerprint density at radius 1 is 0.432 bits per heavy atom. The van der Waals surface area contributed by atoms with Gasteiger partial charge in [-0.05, 0) is 87.1 Å². The number of ether oxygens (including phenoxy) is 2. The molecule has 7 aromatic rings. The first-order valence-electron chi connectivity index (χ1n) is 14.7. The first-order valence-corrected chi connectivity index (χ1v) is 16.4. The van der Waals surface area contributed by atoms with Gasteiger partial charge in [-0.1, -0.05) is 103 Å². The van der Waals surface area contributed by atoms with Crippen molar-refractivity contribution in [1.29, 1.82) is 0 Å². The molecule has 0 saturated heterocycles. The third kappa shape index (κ3) is 3.67. The van der Waals surface area contributed by atoms with Gasteiger partial charge in [0.1, 0.15) is 28.3 Å². The second-order valence-corrected chi connectivity index (χ2v) is 13.8. The third-order valence-corrected chi connectivity index (χ3v) is 11.9. The van der Waals surface area contributed by atoms with Gasteiger partial charge in [0.25, 0.3) is 0 Å². The van der Waals surface area contributed by atoms with Crippen LogP contribution < -0.4 is 25.4 Å². The molecule has 0 aliphatic carbocycles. The lowest BCUT2D eigenvalue weighted by Gasteiger charge is -2.36. The Morgan fingerprint density at radius 3 is 1.77 bits per heavy atom. The van der Waals surface area contributed by atoms with Crippen molar-refractivity contribution >= 4 is 33.8 Å². The van der Waals surface area contributed by atoms with Crippen LogP contribution in [0.1, 0.15) is 0 Å². The van der Waals surface area contributed by atoms with E-state index in [-0.39, 0.29) is 0 Å². The summed E-state index contributed by atoms with van der Waals surface area (Å²) in [4.78, 5) is 0. The molecule has 1 atom stereocenters. The van der Waals surface area contributed by atoms with Gasteiger partial charge < -0.3 is 14.0 Å². The molecule has 2 heterocycles. The van der Waals surface area contributed by atoms with Crippen LogP contribution >= 0.6 is 7.14 Å². The first-order chi connectivity index (χ1) is 21.7. The zero-order valence-corrected chi connectivity index (χ0v) is 24.5. The van der Waals surface area contributed by atoms with Crippen LogP contribution in [-0.4, -0.2) is 0 Å². The summed E-state index contributed by atoms with van der Waals surface area (Å²) in [5.74, 6) is 2.41. The lowest BCUT2D eigenvalue weighted by molar-refractivity contribution is 0.463. The van der Waals surface area contributed by atoms with Crippen molar-refractivity contribution in [2.24, 2.45) is 0 Å². The molecule has 2 aliphatic rings. The molecule has 0 radical (unpaired) electrons. The molecule has 44 heavy (non-hydrogen) atoms. The molecule has 3 nitrogen and oxygen atoms in total. The van der Waals surface area contributed by atoms with Crippen molar-refractivity contribution in [2.45, 2.75) is 0 Å². The van der Waals surface area contributed by atoms with Crippen molar-refractivity contribution < 1.29 is 14.0 Å². The maximum atomic E-state index is 16.0. The van der Waals surface area contributed by atoms with Crippen LogP contribution in [0.3, 0.4) is 0 Å². The van der Waals surface area contributed by atoms with Gasteiger partial charge in [-0.2, -0.15) is 0 Å². The molecule has 0 spiro atoms. The molecule has 0 aromatic heterocycles. The number of hydrogen-bond donors (Lipinski definition) is 0. The monoisotopic (exact) mass is 584 g/mol. The smallest absolute Gasteiger partial charge is 0.186 e. The SMILES string of the molecule is O=P12c3ccccc3Oc3ccc(-c4cc(-c5ccccc5)cc(-c5ccccc5)c4)c(c31)Oc1ccc3ccccc3c12. The lowest BCUT2D eigenvalue weighted by atomic mass is 9.93. The number of fused-ring (bicyclic) bond motifs is 6. The van der Waals surface area contributed by atoms with Crippen LogP contribution in [0.15, 0.2) is 152 Å². The molecule has 2 aliphatic heterocycles. The molecule has 0 bridgehead atoms. The zero-order chi connectivity index (χ0) is 29.3. The highest BCUT2D eigenvalue weighted by Crippen LogP contribution is 2.61. The van der Waals surface area contributed by atoms with E-state index in [2.05, 4.69) is 72.8 Å². The normalized spacial score (nSPS) is 15.8. The fourth-order valence-electron chi connectivity index (χ4n) is 6.67. The van der Waals surface area contributed by atoms with Crippen molar-refractivity contribution in [3.05, 3.63) is 152 Å². The number of para-hydroxylation sites is 1. The van der Waals surface area contributed by atoms with Crippen molar-refractivity contribution in [2.75, 3.05) is 0 Å². The van der Waals surface area contributed by atoms with E-state index in [1.807, 2.05) is 78.9 Å². The summed E-state index contributed by atoms with van der Waals surface area (Å²) in [7, 11) is -3.40.